The lowest BCUT2D eigenvalue weighted by Gasteiger charge is -2.22. The van der Waals surface area contributed by atoms with Gasteiger partial charge >= 0.3 is 13.7 Å². The average molecular weight is 253 g/mol. The number of carboxylic acids is 1. The molecule has 0 aromatic carbocycles. The third-order valence-corrected chi connectivity index (χ3v) is 2.22. The quantitative estimate of drug-likeness (QED) is 0.233. The lowest BCUT2D eigenvalue weighted by atomic mass is 10.3. The Morgan fingerprint density at radius 2 is 2.06 bits per heavy atom. The summed E-state index contributed by atoms with van der Waals surface area (Å²) in [6.07, 6.45) is 0.644. The molecule has 0 radical (unpaired) electrons. The number of carboxylic acid groups (broad SMARTS) is 1. The lowest BCUT2D eigenvalue weighted by Crippen LogP contribution is -2.40. The van der Waals surface area contributed by atoms with Gasteiger partial charge in [0, 0.05) is 6.54 Å². The fourth-order valence-corrected chi connectivity index (χ4v) is 1.39. The van der Waals surface area contributed by atoms with Crippen LogP contribution in [-0.2, 0) is 9.36 Å². The number of nitrogens with one attached hydrogen (secondary N) is 2. The van der Waals surface area contributed by atoms with Crippen LogP contribution in [0.15, 0.2) is 0 Å². The minimum absolute atomic E-state index is 0.160. The molecule has 0 bridgehead atoms. The maximum atomic E-state index is 10.5. The second-order valence-electron chi connectivity index (χ2n) is 3.14. The standard InChI is InChI=1S/C7H16N3O5P/c1-2-3-10(5-7(11)12)6(8)4-9-16(13,14)15/h8H,2-5H2,1H3,(H,11,12)(H3,9,13,14,15). The zero-order chi connectivity index (χ0) is 12.8. The average Bonchev–Trinajstić information content (AvgIpc) is 2.11. The third-order valence-electron chi connectivity index (χ3n) is 1.65. The highest BCUT2D eigenvalue weighted by Gasteiger charge is 2.17. The molecule has 0 unspecified atom stereocenters. The summed E-state index contributed by atoms with van der Waals surface area (Å²) in [5.74, 6) is -1.25. The van der Waals surface area contributed by atoms with Crippen molar-refractivity contribution >= 4 is 19.6 Å². The fraction of sp³-hybridized carbons (Fsp3) is 0.714. The Morgan fingerprint density at radius 1 is 1.50 bits per heavy atom. The molecule has 16 heavy (non-hydrogen) atoms. The summed E-state index contributed by atoms with van der Waals surface area (Å²) in [6.45, 7) is 1.46. The lowest BCUT2D eigenvalue weighted by molar-refractivity contribution is -0.137. The molecule has 0 saturated heterocycles. The zero-order valence-corrected chi connectivity index (χ0v) is 9.78. The normalized spacial score (nSPS) is 11.2. The minimum atomic E-state index is -4.38. The molecule has 0 heterocycles. The first kappa shape index (κ1) is 15.0. The smallest absolute Gasteiger partial charge is 0.400 e. The van der Waals surface area contributed by atoms with Crippen molar-refractivity contribution in [3.05, 3.63) is 0 Å². The molecule has 8 nitrogen and oxygen atoms in total. The minimum Gasteiger partial charge on any atom is -0.480 e. The van der Waals surface area contributed by atoms with Crippen LogP contribution in [-0.4, -0.2) is 51.2 Å². The van der Waals surface area contributed by atoms with Gasteiger partial charge < -0.3 is 19.8 Å². The van der Waals surface area contributed by atoms with Crippen molar-refractivity contribution in [3.8, 4) is 0 Å². The van der Waals surface area contributed by atoms with Crippen LogP contribution in [0.5, 0.6) is 0 Å². The molecule has 0 aromatic rings. The maximum absolute atomic E-state index is 10.5. The van der Waals surface area contributed by atoms with E-state index >= 15 is 0 Å². The van der Waals surface area contributed by atoms with Crippen molar-refractivity contribution in [2.75, 3.05) is 19.6 Å². The third kappa shape index (κ3) is 7.36. The summed E-state index contributed by atoms with van der Waals surface area (Å²) in [4.78, 5) is 28.8. The molecule has 94 valence electrons. The highest BCUT2D eigenvalue weighted by atomic mass is 31.2. The number of hydrogen-bond acceptors (Lipinski definition) is 3. The van der Waals surface area contributed by atoms with Gasteiger partial charge in [-0.15, -0.1) is 0 Å². The van der Waals surface area contributed by atoms with Gasteiger partial charge in [0.25, 0.3) is 0 Å². The predicted molar refractivity (Wildman–Crippen MR) is 57.3 cm³/mol. The van der Waals surface area contributed by atoms with Crippen molar-refractivity contribution < 1.29 is 24.3 Å². The monoisotopic (exact) mass is 253 g/mol. The van der Waals surface area contributed by atoms with E-state index in [9.17, 15) is 9.36 Å². The van der Waals surface area contributed by atoms with E-state index in [2.05, 4.69) is 0 Å². The Morgan fingerprint density at radius 3 is 2.44 bits per heavy atom. The molecular weight excluding hydrogens is 237 g/mol. The molecule has 0 saturated carbocycles. The second kappa shape index (κ2) is 6.59. The van der Waals surface area contributed by atoms with Crippen LogP contribution in [0.25, 0.3) is 0 Å². The molecule has 0 aliphatic heterocycles. The summed E-state index contributed by atoms with van der Waals surface area (Å²) in [6, 6.07) is 0. The van der Waals surface area contributed by atoms with E-state index in [-0.39, 0.29) is 18.9 Å². The van der Waals surface area contributed by atoms with Gasteiger partial charge in [0.2, 0.25) is 0 Å². The molecular formula is C7H16N3O5P. The molecule has 0 atom stereocenters. The number of rotatable bonds is 7. The topological polar surface area (TPSA) is 134 Å². The number of nitrogens with zero attached hydrogens (tertiary/aromatic N) is 1. The van der Waals surface area contributed by atoms with Gasteiger partial charge in [-0.25, -0.2) is 9.65 Å². The van der Waals surface area contributed by atoms with Crippen molar-refractivity contribution in [1.82, 2.24) is 9.99 Å². The van der Waals surface area contributed by atoms with Gasteiger partial charge in [-0.1, -0.05) is 6.92 Å². The summed E-state index contributed by atoms with van der Waals surface area (Å²) >= 11 is 0. The Balaban J connectivity index is 4.27. The highest BCUT2D eigenvalue weighted by Crippen LogP contribution is 2.27. The summed E-state index contributed by atoms with van der Waals surface area (Å²) in [7, 11) is -4.38. The van der Waals surface area contributed by atoms with Crippen molar-refractivity contribution in [2.24, 2.45) is 0 Å². The van der Waals surface area contributed by atoms with Crippen LogP contribution in [0.1, 0.15) is 13.3 Å². The number of amidine groups is 1. The molecule has 0 amide bonds. The van der Waals surface area contributed by atoms with Crippen LogP contribution in [0.2, 0.25) is 0 Å². The Bertz CT molecular complexity index is 302. The summed E-state index contributed by atoms with van der Waals surface area (Å²) in [5, 5.41) is 17.9. The first-order valence-electron chi connectivity index (χ1n) is 4.61. The molecule has 0 aliphatic carbocycles. The van der Waals surface area contributed by atoms with E-state index in [0.717, 1.165) is 0 Å². The molecule has 9 heteroatoms. The Labute approximate surface area is 93.0 Å². The first-order valence-corrected chi connectivity index (χ1v) is 6.22. The number of hydrogen-bond donors (Lipinski definition) is 5. The fourth-order valence-electron chi connectivity index (χ4n) is 1.03. The van der Waals surface area contributed by atoms with E-state index in [0.29, 0.717) is 13.0 Å². The number of aliphatic carboxylic acids is 1. The van der Waals surface area contributed by atoms with Gasteiger partial charge in [-0.2, -0.15) is 0 Å². The Hall–Kier alpha value is -0.950. The Kier molecular flexibility index (Phi) is 6.20. The van der Waals surface area contributed by atoms with Crippen molar-refractivity contribution in [1.29, 1.82) is 5.41 Å². The van der Waals surface area contributed by atoms with Crippen LogP contribution < -0.4 is 5.09 Å². The van der Waals surface area contributed by atoms with E-state index in [1.54, 1.807) is 0 Å². The highest BCUT2D eigenvalue weighted by molar-refractivity contribution is 7.49. The SMILES string of the molecule is CCCN(CC(=O)O)C(=N)CNP(=O)(O)O. The van der Waals surface area contributed by atoms with Gasteiger partial charge in [0.05, 0.1) is 6.54 Å². The van der Waals surface area contributed by atoms with E-state index in [4.69, 9.17) is 20.3 Å². The van der Waals surface area contributed by atoms with Crippen LogP contribution in [0, 0.1) is 5.41 Å². The second-order valence-corrected chi connectivity index (χ2v) is 4.55. The molecule has 0 fully saturated rings. The molecule has 0 aliphatic rings. The van der Waals surface area contributed by atoms with Gasteiger partial charge in [0.1, 0.15) is 12.4 Å². The van der Waals surface area contributed by atoms with Crippen molar-refractivity contribution in [3.63, 3.8) is 0 Å². The molecule has 0 aromatic heterocycles. The van der Waals surface area contributed by atoms with Crippen LogP contribution in [0.4, 0.5) is 0 Å². The zero-order valence-electron chi connectivity index (χ0n) is 8.88. The largest absolute Gasteiger partial charge is 0.480 e. The van der Waals surface area contributed by atoms with Gasteiger partial charge in [0.15, 0.2) is 0 Å². The summed E-state index contributed by atoms with van der Waals surface area (Å²) in [5.41, 5.74) is 0. The van der Waals surface area contributed by atoms with E-state index in [1.165, 1.54) is 4.90 Å². The van der Waals surface area contributed by atoms with Crippen LogP contribution in [0.3, 0.4) is 0 Å². The molecule has 0 rings (SSSR count). The molecule has 0 spiro atoms. The predicted octanol–water partition coefficient (Wildman–Crippen LogP) is -0.557. The summed E-state index contributed by atoms with van der Waals surface area (Å²) < 4.78 is 10.5. The van der Waals surface area contributed by atoms with E-state index in [1.807, 2.05) is 12.0 Å². The van der Waals surface area contributed by atoms with Crippen LogP contribution >= 0.6 is 7.75 Å². The van der Waals surface area contributed by atoms with E-state index < -0.39 is 13.7 Å². The first-order chi connectivity index (χ1) is 7.26. The van der Waals surface area contributed by atoms with Crippen molar-refractivity contribution in [2.45, 2.75) is 13.3 Å². The number of carbonyl (C=O) groups is 1. The van der Waals surface area contributed by atoms with Gasteiger partial charge in [-0.05, 0) is 6.42 Å². The maximum Gasteiger partial charge on any atom is 0.400 e. The van der Waals surface area contributed by atoms with Gasteiger partial charge in [-0.3, -0.25) is 10.2 Å². The molecule has 5 N–H and O–H groups in total.